The van der Waals surface area contributed by atoms with E-state index in [2.05, 4.69) is 26.3 Å². The second-order valence-electron chi connectivity index (χ2n) is 9.92. The number of carbonyl (C=O) groups excluding carboxylic acids is 1. The van der Waals surface area contributed by atoms with Gasteiger partial charge in [-0.15, -0.1) is 0 Å². The van der Waals surface area contributed by atoms with Crippen LogP contribution in [0.2, 0.25) is 5.28 Å². The van der Waals surface area contributed by atoms with Crippen LogP contribution >= 0.6 is 11.6 Å². The van der Waals surface area contributed by atoms with Crippen LogP contribution in [0.4, 0.5) is 19.0 Å². The van der Waals surface area contributed by atoms with E-state index in [0.29, 0.717) is 44.3 Å². The quantitative estimate of drug-likeness (QED) is 0.452. The number of nitriles is 1. The standard InChI is InChI=1S/C26H29ClF3N5O/c1-15(17-4-3-5-18(22(17)28)23(29)30)32-24-19-12-16(13-20(19)33-25(27)34-24)6-7-21(36)26(14-31)8-10-35(2)11-9-26/h3-5,15-16,23H,6-13H2,1-2H3,(H,32,33,34)/t15-,16?/m1/s1. The van der Waals surface area contributed by atoms with Crippen LogP contribution < -0.4 is 5.32 Å². The number of rotatable bonds is 8. The molecule has 1 aliphatic carbocycles. The Hall–Kier alpha value is -2.70. The van der Waals surface area contributed by atoms with Gasteiger partial charge >= 0.3 is 0 Å². The van der Waals surface area contributed by atoms with E-state index in [1.54, 1.807) is 6.92 Å². The maximum atomic E-state index is 14.7. The number of piperidine rings is 1. The predicted molar refractivity (Wildman–Crippen MR) is 130 cm³/mol. The number of nitrogens with one attached hydrogen (secondary N) is 1. The molecule has 1 saturated heterocycles. The van der Waals surface area contributed by atoms with E-state index in [-0.39, 0.29) is 22.5 Å². The molecule has 2 aliphatic rings. The number of alkyl halides is 2. The van der Waals surface area contributed by atoms with Crippen LogP contribution in [-0.4, -0.2) is 40.8 Å². The minimum Gasteiger partial charge on any atom is -0.363 e. The molecule has 0 saturated carbocycles. The van der Waals surface area contributed by atoms with E-state index in [1.807, 2.05) is 7.05 Å². The first kappa shape index (κ1) is 26.4. The number of carbonyl (C=O) groups is 1. The zero-order chi connectivity index (χ0) is 26.0. The number of ketones is 1. The van der Waals surface area contributed by atoms with Crippen molar-refractivity contribution in [2.75, 3.05) is 25.5 Å². The molecule has 0 amide bonds. The van der Waals surface area contributed by atoms with Gasteiger partial charge in [0.2, 0.25) is 5.28 Å². The highest BCUT2D eigenvalue weighted by atomic mass is 35.5. The van der Waals surface area contributed by atoms with Crippen LogP contribution in [0.15, 0.2) is 18.2 Å². The Balaban J connectivity index is 1.45. The van der Waals surface area contributed by atoms with Gasteiger partial charge in [0, 0.05) is 17.5 Å². The fourth-order valence-corrected chi connectivity index (χ4v) is 5.41. The van der Waals surface area contributed by atoms with Gasteiger partial charge in [0.15, 0.2) is 5.78 Å². The zero-order valence-corrected chi connectivity index (χ0v) is 21.1. The summed E-state index contributed by atoms with van der Waals surface area (Å²) in [7, 11) is 1.99. The van der Waals surface area contributed by atoms with Gasteiger partial charge in [0.05, 0.1) is 23.4 Å². The molecule has 2 heterocycles. The Kier molecular flexibility index (Phi) is 7.86. The largest absolute Gasteiger partial charge is 0.363 e. The molecule has 1 N–H and O–H groups in total. The first-order chi connectivity index (χ1) is 17.1. The Morgan fingerprint density at radius 1 is 1.28 bits per heavy atom. The lowest BCUT2D eigenvalue weighted by molar-refractivity contribution is -0.128. The van der Waals surface area contributed by atoms with Crippen molar-refractivity contribution in [3.05, 3.63) is 51.7 Å². The van der Waals surface area contributed by atoms with E-state index in [9.17, 15) is 23.2 Å². The van der Waals surface area contributed by atoms with E-state index in [0.717, 1.165) is 30.4 Å². The molecular weight excluding hydrogens is 491 g/mol. The monoisotopic (exact) mass is 519 g/mol. The molecule has 1 fully saturated rings. The van der Waals surface area contributed by atoms with Gasteiger partial charge in [-0.1, -0.05) is 18.2 Å². The second kappa shape index (κ2) is 10.7. The van der Waals surface area contributed by atoms with Crippen LogP contribution in [0.25, 0.3) is 0 Å². The number of nitrogens with zero attached hydrogens (tertiary/aromatic N) is 4. The van der Waals surface area contributed by atoms with Crippen molar-refractivity contribution in [3.63, 3.8) is 0 Å². The maximum Gasteiger partial charge on any atom is 0.266 e. The summed E-state index contributed by atoms with van der Waals surface area (Å²) >= 11 is 6.15. The topological polar surface area (TPSA) is 81.9 Å². The third-order valence-electron chi connectivity index (χ3n) is 7.52. The first-order valence-corrected chi connectivity index (χ1v) is 12.5. The molecule has 10 heteroatoms. The minimum atomic E-state index is -2.91. The van der Waals surface area contributed by atoms with Crippen LogP contribution in [0.5, 0.6) is 0 Å². The van der Waals surface area contributed by atoms with Crippen molar-refractivity contribution in [1.29, 1.82) is 5.26 Å². The molecule has 36 heavy (non-hydrogen) atoms. The molecule has 0 bridgehead atoms. The number of aromatic nitrogens is 2. The van der Waals surface area contributed by atoms with Crippen LogP contribution in [0.1, 0.15) is 67.5 Å². The Labute approximate surface area is 213 Å². The molecule has 4 rings (SSSR count). The molecule has 0 spiro atoms. The summed E-state index contributed by atoms with van der Waals surface area (Å²) in [4.78, 5) is 23.8. The van der Waals surface area contributed by atoms with Crippen molar-refractivity contribution in [2.24, 2.45) is 11.3 Å². The van der Waals surface area contributed by atoms with Gasteiger partial charge in [0.25, 0.3) is 6.43 Å². The van der Waals surface area contributed by atoms with E-state index in [4.69, 9.17) is 11.6 Å². The number of Topliss-reactive ketones (excluding diaryl/α,β-unsaturated/α-hetero) is 1. The van der Waals surface area contributed by atoms with Gasteiger partial charge in [-0.3, -0.25) is 4.79 Å². The molecule has 1 aliphatic heterocycles. The third-order valence-corrected chi connectivity index (χ3v) is 7.69. The molecule has 192 valence electrons. The summed E-state index contributed by atoms with van der Waals surface area (Å²) < 4.78 is 41.0. The Morgan fingerprint density at radius 3 is 2.64 bits per heavy atom. The fraction of sp³-hybridized carbons (Fsp3) is 0.538. The SMILES string of the molecule is C[C@@H](Nc1nc(Cl)nc2c1CC(CCC(=O)C1(C#N)CCN(C)CC1)C2)c1cccc(C(F)F)c1F. The molecule has 1 aromatic heterocycles. The smallest absolute Gasteiger partial charge is 0.266 e. The van der Waals surface area contributed by atoms with Gasteiger partial charge in [0.1, 0.15) is 17.1 Å². The molecule has 6 nitrogen and oxygen atoms in total. The maximum absolute atomic E-state index is 14.7. The highest BCUT2D eigenvalue weighted by molar-refractivity contribution is 6.28. The van der Waals surface area contributed by atoms with Crippen molar-refractivity contribution in [1.82, 2.24) is 14.9 Å². The lowest BCUT2D eigenvalue weighted by atomic mass is 9.74. The van der Waals surface area contributed by atoms with Crippen LogP contribution in [-0.2, 0) is 17.6 Å². The predicted octanol–water partition coefficient (Wildman–Crippen LogP) is 5.68. The summed E-state index contributed by atoms with van der Waals surface area (Å²) in [5.41, 5.74) is 0.162. The van der Waals surface area contributed by atoms with Crippen molar-refractivity contribution < 1.29 is 18.0 Å². The first-order valence-electron chi connectivity index (χ1n) is 12.1. The van der Waals surface area contributed by atoms with Crippen molar-refractivity contribution in [2.45, 2.75) is 57.9 Å². The lowest BCUT2D eigenvalue weighted by Crippen LogP contribution is -2.42. The summed E-state index contributed by atoms with van der Waals surface area (Å²) in [5, 5.41) is 12.9. The van der Waals surface area contributed by atoms with Crippen molar-refractivity contribution >= 4 is 23.2 Å². The van der Waals surface area contributed by atoms with Crippen LogP contribution in [0, 0.1) is 28.5 Å². The fourth-order valence-electron chi connectivity index (χ4n) is 5.22. The van der Waals surface area contributed by atoms with E-state index >= 15 is 0 Å². The van der Waals surface area contributed by atoms with E-state index < -0.39 is 29.3 Å². The summed E-state index contributed by atoms with van der Waals surface area (Å²) in [5.74, 6) is -0.369. The summed E-state index contributed by atoms with van der Waals surface area (Å²) in [6, 6.07) is 5.60. The number of fused-ring (bicyclic) bond motifs is 1. The highest BCUT2D eigenvalue weighted by Crippen LogP contribution is 2.38. The second-order valence-corrected chi connectivity index (χ2v) is 10.3. The number of hydrogen-bond acceptors (Lipinski definition) is 6. The summed E-state index contributed by atoms with van der Waals surface area (Å²) in [6.07, 6.45) is 0.365. The molecule has 1 aromatic carbocycles. The number of hydrogen-bond donors (Lipinski definition) is 1. The Morgan fingerprint density at radius 2 is 1.97 bits per heavy atom. The highest BCUT2D eigenvalue weighted by Gasteiger charge is 2.41. The summed E-state index contributed by atoms with van der Waals surface area (Å²) in [6.45, 7) is 3.14. The molecule has 2 atom stereocenters. The van der Waals surface area contributed by atoms with Gasteiger partial charge < -0.3 is 10.2 Å². The van der Waals surface area contributed by atoms with Gasteiger partial charge in [-0.05, 0) is 76.7 Å². The van der Waals surface area contributed by atoms with Crippen LogP contribution in [0.3, 0.4) is 0 Å². The van der Waals surface area contributed by atoms with Crippen molar-refractivity contribution in [3.8, 4) is 6.07 Å². The number of halogens is 4. The molecular formula is C26H29ClF3N5O. The normalized spacial score (nSPS) is 20.1. The molecule has 0 radical (unpaired) electrons. The lowest BCUT2D eigenvalue weighted by Gasteiger charge is -2.34. The van der Waals surface area contributed by atoms with Gasteiger partial charge in [-0.25, -0.2) is 23.1 Å². The zero-order valence-electron chi connectivity index (χ0n) is 20.3. The van der Waals surface area contributed by atoms with Gasteiger partial charge in [-0.2, -0.15) is 5.26 Å². The molecule has 1 unspecified atom stereocenters. The average Bonchev–Trinajstić information content (AvgIpc) is 3.26. The molecule has 2 aromatic rings. The Bertz CT molecular complexity index is 1180. The van der Waals surface area contributed by atoms with E-state index in [1.165, 1.54) is 12.1 Å². The third kappa shape index (κ3) is 5.35. The number of benzene rings is 1. The average molecular weight is 520 g/mol. The number of anilines is 1. The minimum absolute atomic E-state index is 0.000435. The number of likely N-dealkylation sites (tertiary alicyclic amines) is 1.